The van der Waals surface area contributed by atoms with Crippen LogP contribution in [0.25, 0.3) is 0 Å². The lowest BCUT2D eigenvalue weighted by atomic mass is 10.0. The number of ether oxygens (including phenoxy) is 4. The van der Waals surface area contributed by atoms with Crippen LogP contribution >= 0.6 is 0 Å². The first-order chi connectivity index (χ1) is 9.34. The number of carbonyl (C=O) groups excluding carboxylic acids is 1. The van der Waals surface area contributed by atoms with Gasteiger partial charge in [-0.15, -0.1) is 0 Å². The first-order valence-electron chi connectivity index (χ1n) is 6.86. The Morgan fingerprint density at radius 2 is 1.95 bits per heavy atom. The van der Waals surface area contributed by atoms with Crippen molar-refractivity contribution < 1.29 is 23.7 Å². The molecule has 0 aromatic rings. The Balaban J connectivity index is 1.82. The summed E-state index contributed by atoms with van der Waals surface area (Å²) in [6.07, 6.45) is 1.88. The van der Waals surface area contributed by atoms with E-state index in [4.69, 9.17) is 18.9 Å². The maximum Gasteiger partial charge on any atom is 0.310 e. The van der Waals surface area contributed by atoms with Crippen LogP contribution in [-0.4, -0.2) is 65.8 Å². The second-order valence-corrected chi connectivity index (χ2v) is 4.43. The molecule has 0 spiro atoms. The van der Waals surface area contributed by atoms with Gasteiger partial charge in [0, 0.05) is 20.2 Å². The lowest BCUT2D eigenvalue weighted by Crippen LogP contribution is -2.34. The number of esters is 1. The smallest absolute Gasteiger partial charge is 0.310 e. The van der Waals surface area contributed by atoms with Gasteiger partial charge >= 0.3 is 5.97 Å². The van der Waals surface area contributed by atoms with Crippen molar-refractivity contribution in [1.29, 1.82) is 0 Å². The second kappa shape index (κ2) is 11.2. The zero-order valence-electron chi connectivity index (χ0n) is 11.7. The third-order valence-electron chi connectivity index (χ3n) is 2.89. The van der Waals surface area contributed by atoms with Crippen LogP contribution < -0.4 is 5.32 Å². The summed E-state index contributed by atoms with van der Waals surface area (Å²) in [5.74, 6) is -0.0719. The molecule has 19 heavy (non-hydrogen) atoms. The van der Waals surface area contributed by atoms with Crippen molar-refractivity contribution in [3.05, 3.63) is 0 Å². The third-order valence-corrected chi connectivity index (χ3v) is 2.89. The Morgan fingerprint density at radius 3 is 2.68 bits per heavy atom. The molecule has 6 nitrogen and oxygen atoms in total. The minimum atomic E-state index is -0.0776. The SMILES string of the molecule is COCCOCCOCCNCC1CCCOC1=O. The van der Waals surface area contributed by atoms with E-state index in [0.717, 1.165) is 19.4 Å². The second-order valence-electron chi connectivity index (χ2n) is 4.43. The predicted molar refractivity (Wildman–Crippen MR) is 70.1 cm³/mol. The van der Waals surface area contributed by atoms with Gasteiger partial charge in [0.1, 0.15) is 0 Å². The van der Waals surface area contributed by atoms with E-state index in [9.17, 15) is 4.79 Å². The van der Waals surface area contributed by atoms with Gasteiger partial charge < -0.3 is 24.3 Å². The number of hydrogen-bond donors (Lipinski definition) is 1. The summed E-state index contributed by atoms with van der Waals surface area (Å²) in [4.78, 5) is 11.4. The van der Waals surface area contributed by atoms with Crippen molar-refractivity contribution in [2.75, 3.05) is 59.8 Å². The van der Waals surface area contributed by atoms with E-state index in [0.29, 0.717) is 46.2 Å². The van der Waals surface area contributed by atoms with Gasteiger partial charge in [-0.2, -0.15) is 0 Å². The average Bonchev–Trinajstić information content (AvgIpc) is 2.43. The minimum Gasteiger partial charge on any atom is -0.465 e. The molecule has 1 N–H and O–H groups in total. The van der Waals surface area contributed by atoms with Crippen LogP contribution in [0.2, 0.25) is 0 Å². The topological polar surface area (TPSA) is 66.0 Å². The molecule has 1 unspecified atom stereocenters. The predicted octanol–water partition coefficient (Wildman–Crippen LogP) is 0.209. The van der Waals surface area contributed by atoms with Crippen LogP contribution in [0, 0.1) is 5.92 Å². The molecular weight excluding hydrogens is 250 g/mol. The van der Waals surface area contributed by atoms with Gasteiger partial charge in [-0.05, 0) is 12.8 Å². The Morgan fingerprint density at radius 1 is 1.21 bits per heavy atom. The van der Waals surface area contributed by atoms with Gasteiger partial charge in [0.15, 0.2) is 0 Å². The van der Waals surface area contributed by atoms with E-state index in [1.54, 1.807) is 7.11 Å². The average molecular weight is 275 g/mol. The maximum atomic E-state index is 11.4. The van der Waals surface area contributed by atoms with Gasteiger partial charge in [0.05, 0.1) is 45.6 Å². The van der Waals surface area contributed by atoms with Crippen molar-refractivity contribution in [2.24, 2.45) is 5.92 Å². The molecule has 1 fully saturated rings. The molecule has 1 heterocycles. The molecule has 0 aliphatic carbocycles. The Bertz CT molecular complexity index is 237. The summed E-state index contributed by atoms with van der Waals surface area (Å²) in [6, 6.07) is 0. The van der Waals surface area contributed by atoms with E-state index in [1.165, 1.54) is 0 Å². The monoisotopic (exact) mass is 275 g/mol. The fourth-order valence-electron chi connectivity index (χ4n) is 1.81. The normalized spacial score (nSPS) is 19.4. The standard InChI is InChI=1S/C13H25NO5/c1-16-7-8-18-10-9-17-6-4-14-11-12-3-2-5-19-13(12)15/h12,14H,2-11H2,1H3. The molecule has 1 rings (SSSR count). The summed E-state index contributed by atoms with van der Waals surface area (Å²) in [5, 5.41) is 3.21. The fourth-order valence-corrected chi connectivity index (χ4v) is 1.81. The first-order valence-corrected chi connectivity index (χ1v) is 6.86. The molecule has 1 aliphatic heterocycles. The van der Waals surface area contributed by atoms with Gasteiger partial charge in [0.25, 0.3) is 0 Å². The van der Waals surface area contributed by atoms with E-state index in [1.807, 2.05) is 0 Å². The molecule has 0 saturated carbocycles. The molecule has 1 saturated heterocycles. The van der Waals surface area contributed by atoms with Crippen LogP contribution in [0.3, 0.4) is 0 Å². The van der Waals surface area contributed by atoms with Gasteiger partial charge in [-0.1, -0.05) is 0 Å². The van der Waals surface area contributed by atoms with E-state index >= 15 is 0 Å². The molecule has 0 radical (unpaired) electrons. The van der Waals surface area contributed by atoms with E-state index in [2.05, 4.69) is 5.32 Å². The summed E-state index contributed by atoms with van der Waals surface area (Å²) in [5.41, 5.74) is 0. The number of rotatable bonds is 11. The number of methoxy groups -OCH3 is 1. The van der Waals surface area contributed by atoms with Crippen molar-refractivity contribution in [1.82, 2.24) is 5.32 Å². The highest BCUT2D eigenvalue weighted by Crippen LogP contribution is 2.13. The molecule has 0 aromatic heterocycles. The van der Waals surface area contributed by atoms with Crippen LogP contribution in [0.15, 0.2) is 0 Å². The summed E-state index contributed by atoms with van der Waals surface area (Å²) < 4.78 is 20.5. The lowest BCUT2D eigenvalue weighted by molar-refractivity contribution is -0.152. The number of hydrogen-bond acceptors (Lipinski definition) is 6. The fraction of sp³-hybridized carbons (Fsp3) is 0.923. The highest BCUT2D eigenvalue weighted by molar-refractivity contribution is 5.73. The quantitative estimate of drug-likeness (QED) is 0.429. The lowest BCUT2D eigenvalue weighted by Gasteiger charge is -2.21. The van der Waals surface area contributed by atoms with Crippen LogP contribution in [0.1, 0.15) is 12.8 Å². The van der Waals surface area contributed by atoms with Crippen molar-refractivity contribution in [2.45, 2.75) is 12.8 Å². The van der Waals surface area contributed by atoms with Gasteiger partial charge in [0.2, 0.25) is 0 Å². The number of carbonyl (C=O) groups is 1. The largest absolute Gasteiger partial charge is 0.465 e. The Hall–Kier alpha value is -0.690. The van der Waals surface area contributed by atoms with Crippen molar-refractivity contribution in [3.8, 4) is 0 Å². The Labute approximate surface area is 114 Å². The van der Waals surface area contributed by atoms with Gasteiger partial charge in [-0.25, -0.2) is 0 Å². The van der Waals surface area contributed by atoms with Gasteiger partial charge in [-0.3, -0.25) is 4.79 Å². The zero-order chi connectivity index (χ0) is 13.8. The first kappa shape index (κ1) is 16.4. The molecule has 0 amide bonds. The molecule has 1 aliphatic rings. The van der Waals surface area contributed by atoms with Crippen LogP contribution in [0.5, 0.6) is 0 Å². The highest BCUT2D eigenvalue weighted by atomic mass is 16.5. The Kier molecular flexibility index (Phi) is 9.61. The van der Waals surface area contributed by atoms with E-state index in [-0.39, 0.29) is 11.9 Å². The number of cyclic esters (lactones) is 1. The van der Waals surface area contributed by atoms with Crippen LogP contribution in [-0.2, 0) is 23.7 Å². The highest BCUT2D eigenvalue weighted by Gasteiger charge is 2.23. The molecule has 1 atom stereocenters. The number of nitrogens with one attached hydrogen (secondary N) is 1. The molecular formula is C13H25NO5. The summed E-state index contributed by atoms with van der Waals surface area (Å²) in [7, 11) is 1.65. The third kappa shape index (κ3) is 8.15. The summed E-state index contributed by atoms with van der Waals surface area (Å²) >= 11 is 0. The maximum absolute atomic E-state index is 11.4. The van der Waals surface area contributed by atoms with Crippen molar-refractivity contribution in [3.63, 3.8) is 0 Å². The van der Waals surface area contributed by atoms with Crippen LogP contribution in [0.4, 0.5) is 0 Å². The zero-order valence-corrected chi connectivity index (χ0v) is 11.7. The minimum absolute atomic E-state index is 0.00567. The molecule has 0 aromatic carbocycles. The molecule has 112 valence electrons. The molecule has 6 heteroatoms. The summed E-state index contributed by atoms with van der Waals surface area (Å²) in [6.45, 7) is 4.97. The molecule has 0 bridgehead atoms. The van der Waals surface area contributed by atoms with Crippen molar-refractivity contribution >= 4 is 5.97 Å². The van der Waals surface area contributed by atoms with E-state index < -0.39 is 0 Å².